The zero-order valence-corrected chi connectivity index (χ0v) is 14.1. The van der Waals surface area contributed by atoms with Gasteiger partial charge in [-0.1, -0.05) is 11.6 Å². The van der Waals surface area contributed by atoms with Gasteiger partial charge in [0.25, 0.3) is 5.91 Å². The van der Waals surface area contributed by atoms with E-state index >= 15 is 0 Å². The molecule has 5 nitrogen and oxygen atoms in total. The third-order valence-electron chi connectivity index (χ3n) is 3.26. The second-order valence-corrected chi connectivity index (χ2v) is 5.46. The number of carbonyl (C=O) groups excluding carboxylic acids is 1. The van der Waals surface area contributed by atoms with E-state index in [0.29, 0.717) is 4.90 Å². The van der Waals surface area contributed by atoms with Crippen LogP contribution in [0, 0.1) is 0 Å². The zero-order valence-electron chi connectivity index (χ0n) is 13.4. The van der Waals surface area contributed by atoms with Crippen molar-refractivity contribution in [3.63, 3.8) is 0 Å². The molecule has 0 fully saturated rings. The number of rotatable bonds is 6. The number of amides is 1. The molecule has 0 saturated heterocycles. The number of benzene rings is 1. The summed E-state index contributed by atoms with van der Waals surface area (Å²) >= 11 is 6.02. The summed E-state index contributed by atoms with van der Waals surface area (Å²) in [6.45, 7) is -1.77. The number of furan rings is 1. The molecule has 0 atom stereocenters. The molecule has 9 heteroatoms. The van der Waals surface area contributed by atoms with Crippen LogP contribution < -0.4 is 9.47 Å². The molecule has 0 bridgehead atoms. The molecule has 1 heterocycles. The van der Waals surface area contributed by atoms with E-state index in [1.807, 2.05) is 0 Å². The van der Waals surface area contributed by atoms with Gasteiger partial charge >= 0.3 is 6.18 Å². The van der Waals surface area contributed by atoms with Crippen LogP contribution in [0.3, 0.4) is 0 Å². The predicted molar refractivity (Wildman–Crippen MR) is 84.1 cm³/mol. The second kappa shape index (κ2) is 7.69. The van der Waals surface area contributed by atoms with Crippen molar-refractivity contribution in [1.29, 1.82) is 0 Å². The van der Waals surface area contributed by atoms with Crippen LogP contribution in [-0.4, -0.2) is 37.7 Å². The van der Waals surface area contributed by atoms with Gasteiger partial charge in [-0.3, -0.25) is 4.79 Å². The van der Waals surface area contributed by atoms with Crippen LogP contribution >= 0.6 is 11.6 Å². The number of hydrogen-bond donors (Lipinski definition) is 0. The van der Waals surface area contributed by atoms with E-state index in [2.05, 4.69) is 0 Å². The van der Waals surface area contributed by atoms with Gasteiger partial charge in [0, 0.05) is 5.56 Å². The summed E-state index contributed by atoms with van der Waals surface area (Å²) in [7, 11) is 2.69. The van der Waals surface area contributed by atoms with Gasteiger partial charge in [-0.2, -0.15) is 13.2 Å². The van der Waals surface area contributed by atoms with Gasteiger partial charge in [-0.05, 0) is 24.3 Å². The maximum absolute atomic E-state index is 12.9. The quantitative estimate of drug-likeness (QED) is 0.758. The lowest BCUT2D eigenvalue weighted by atomic mass is 10.1. The van der Waals surface area contributed by atoms with Crippen molar-refractivity contribution in [2.45, 2.75) is 12.7 Å². The molecule has 0 spiro atoms. The smallest absolute Gasteiger partial charge is 0.406 e. The number of nitrogens with zero attached hydrogens (tertiary/aromatic N) is 1. The average Bonchev–Trinajstić information content (AvgIpc) is 3.04. The summed E-state index contributed by atoms with van der Waals surface area (Å²) in [5, 5.41) is 0.0511. The normalized spacial score (nSPS) is 11.3. The van der Waals surface area contributed by atoms with Crippen molar-refractivity contribution in [2.75, 3.05) is 20.8 Å². The van der Waals surface area contributed by atoms with Gasteiger partial charge in [0.2, 0.25) is 0 Å². The molecular weight excluding hydrogens is 363 g/mol. The van der Waals surface area contributed by atoms with Crippen molar-refractivity contribution in [3.05, 3.63) is 46.9 Å². The monoisotopic (exact) mass is 377 g/mol. The fraction of sp³-hybridized carbons (Fsp3) is 0.312. The standard InChI is InChI=1S/C16H15ClF3NO4/c1-23-13-7-10(6-12(17)14(13)24-2)15(22)21(9-16(18,19)20)8-11-4-3-5-25-11/h3-7H,8-9H2,1-2H3. The number of carbonyl (C=O) groups is 1. The fourth-order valence-corrected chi connectivity index (χ4v) is 2.52. The summed E-state index contributed by atoms with van der Waals surface area (Å²) in [5.74, 6) is -0.307. The van der Waals surface area contributed by atoms with E-state index in [9.17, 15) is 18.0 Å². The Kier molecular flexibility index (Phi) is 5.84. The highest BCUT2D eigenvalue weighted by atomic mass is 35.5. The minimum atomic E-state index is -4.57. The Morgan fingerprint density at radius 1 is 1.28 bits per heavy atom. The van der Waals surface area contributed by atoms with Gasteiger partial charge in [0.1, 0.15) is 12.3 Å². The highest BCUT2D eigenvalue weighted by molar-refractivity contribution is 6.32. The fourth-order valence-electron chi connectivity index (χ4n) is 2.23. The van der Waals surface area contributed by atoms with Gasteiger partial charge in [-0.25, -0.2) is 0 Å². The van der Waals surface area contributed by atoms with Gasteiger partial charge in [0.15, 0.2) is 11.5 Å². The topological polar surface area (TPSA) is 51.9 Å². The van der Waals surface area contributed by atoms with E-state index in [0.717, 1.165) is 0 Å². The van der Waals surface area contributed by atoms with Crippen molar-refractivity contribution in [3.8, 4) is 11.5 Å². The minimum Gasteiger partial charge on any atom is -0.493 e. The Labute approximate surface area is 146 Å². The van der Waals surface area contributed by atoms with Crippen LogP contribution in [0.25, 0.3) is 0 Å². The largest absolute Gasteiger partial charge is 0.493 e. The first kappa shape index (κ1) is 19.0. The average molecular weight is 378 g/mol. The molecule has 2 rings (SSSR count). The van der Waals surface area contributed by atoms with Crippen LogP contribution in [0.2, 0.25) is 5.02 Å². The van der Waals surface area contributed by atoms with Crippen molar-refractivity contribution >= 4 is 17.5 Å². The summed E-state index contributed by atoms with van der Waals surface area (Å²) < 4.78 is 53.7. The molecule has 0 radical (unpaired) electrons. The van der Waals surface area contributed by atoms with Crippen LogP contribution in [0.1, 0.15) is 16.1 Å². The molecule has 136 valence electrons. The van der Waals surface area contributed by atoms with Crippen LogP contribution in [0.4, 0.5) is 13.2 Å². The Morgan fingerprint density at radius 3 is 2.52 bits per heavy atom. The minimum absolute atomic E-state index is 0.0511. The Bertz CT molecular complexity index is 732. The second-order valence-electron chi connectivity index (χ2n) is 5.05. The third-order valence-corrected chi connectivity index (χ3v) is 3.55. The predicted octanol–water partition coefficient (Wildman–Crippen LogP) is 4.15. The number of alkyl halides is 3. The molecule has 1 amide bonds. The lowest BCUT2D eigenvalue weighted by molar-refractivity contribution is -0.142. The van der Waals surface area contributed by atoms with Crippen LogP contribution in [-0.2, 0) is 6.54 Å². The SMILES string of the molecule is COc1cc(C(=O)N(Cc2ccco2)CC(F)(F)F)cc(Cl)c1OC. The highest BCUT2D eigenvalue weighted by Gasteiger charge is 2.34. The number of methoxy groups -OCH3 is 2. The number of halogens is 4. The van der Waals surface area contributed by atoms with Crippen molar-refractivity contribution in [2.24, 2.45) is 0 Å². The Balaban J connectivity index is 2.36. The van der Waals surface area contributed by atoms with Gasteiger partial charge in [0.05, 0.1) is 32.1 Å². The van der Waals surface area contributed by atoms with E-state index in [-0.39, 0.29) is 34.4 Å². The van der Waals surface area contributed by atoms with E-state index in [1.54, 1.807) is 0 Å². The van der Waals surface area contributed by atoms with Gasteiger partial charge < -0.3 is 18.8 Å². The van der Waals surface area contributed by atoms with E-state index < -0.39 is 18.6 Å². The summed E-state index contributed by atoms with van der Waals surface area (Å²) in [6, 6.07) is 5.52. The van der Waals surface area contributed by atoms with Gasteiger partial charge in [-0.15, -0.1) is 0 Å². The maximum Gasteiger partial charge on any atom is 0.406 e. The molecule has 0 unspecified atom stereocenters. The molecule has 25 heavy (non-hydrogen) atoms. The molecule has 0 aliphatic carbocycles. The first-order valence-electron chi connectivity index (χ1n) is 7.05. The lowest BCUT2D eigenvalue weighted by Crippen LogP contribution is -2.38. The highest BCUT2D eigenvalue weighted by Crippen LogP contribution is 2.36. The van der Waals surface area contributed by atoms with Crippen molar-refractivity contribution < 1.29 is 31.9 Å². The molecule has 0 saturated carbocycles. The molecule has 1 aromatic heterocycles. The molecule has 2 aromatic rings. The first-order chi connectivity index (χ1) is 11.7. The van der Waals surface area contributed by atoms with Crippen LogP contribution in [0.15, 0.2) is 34.9 Å². The van der Waals surface area contributed by atoms with E-state index in [4.69, 9.17) is 25.5 Å². The summed E-state index contributed by atoms with van der Waals surface area (Å²) in [6.07, 6.45) is -3.25. The molecule has 0 aliphatic heterocycles. The zero-order chi connectivity index (χ0) is 18.6. The first-order valence-corrected chi connectivity index (χ1v) is 7.43. The number of ether oxygens (including phenoxy) is 2. The molecular formula is C16H15ClF3NO4. The van der Waals surface area contributed by atoms with E-state index in [1.165, 1.54) is 44.7 Å². The Morgan fingerprint density at radius 2 is 2.00 bits per heavy atom. The summed E-state index contributed by atoms with van der Waals surface area (Å²) in [5.41, 5.74) is -0.0570. The van der Waals surface area contributed by atoms with Crippen LogP contribution in [0.5, 0.6) is 11.5 Å². The Hall–Kier alpha value is -2.35. The molecule has 0 N–H and O–H groups in total. The van der Waals surface area contributed by atoms with Crippen molar-refractivity contribution in [1.82, 2.24) is 4.90 Å². The maximum atomic E-state index is 12.9. The lowest BCUT2D eigenvalue weighted by Gasteiger charge is -2.23. The summed E-state index contributed by atoms with van der Waals surface area (Å²) in [4.78, 5) is 13.2. The number of hydrogen-bond acceptors (Lipinski definition) is 4. The third kappa shape index (κ3) is 4.82. The molecule has 1 aromatic carbocycles. The molecule has 0 aliphatic rings.